The largest absolute Gasteiger partial charge is 0.496 e. The molecule has 0 amide bonds. The second-order valence-electron chi connectivity index (χ2n) is 4.12. The summed E-state index contributed by atoms with van der Waals surface area (Å²) in [7, 11) is 3.09. The molecule has 1 aromatic carbocycles. The summed E-state index contributed by atoms with van der Waals surface area (Å²) < 4.78 is 16.3. The summed E-state index contributed by atoms with van der Waals surface area (Å²) in [4.78, 5) is 15.9. The molecule has 1 heterocycles. The van der Waals surface area contributed by atoms with Crippen LogP contribution in [-0.2, 0) is 11.3 Å². The number of methoxy groups -OCH3 is 2. The third kappa shape index (κ3) is 3.95. The molecule has 110 valence electrons. The van der Waals surface area contributed by atoms with Crippen molar-refractivity contribution in [3.63, 3.8) is 0 Å². The molecule has 0 spiro atoms. The Morgan fingerprint density at radius 2 is 2.00 bits per heavy atom. The molecular weight excluding hydrogens is 338 g/mol. The van der Waals surface area contributed by atoms with Crippen LogP contribution in [-0.4, -0.2) is 25.2 Å². The Morgan fingerprint density at radius 1 is 1.19 bits per heavy atom. The molecule has 0 saturated carbocycles. The molecule has 0 aliphatic rings. The Labute approximate surface area is 131 Å². The van der Waals surface area contributed by atoms with Gasteiger partial charge in [0.2, 0.25) is 5.88 Å². The summed E-state index contributed by atoms with van der Waals surface area (Å²) >= 11 is 3.37. The fraction of sp³-hybridized carbons (Fsp3) is 0.200. The fourth-order valence-corrected chi connectivity index (χ4v) is 2.12. The van der Waals surface area contributed by atoms with Crippen LogP contribution in [0.3, 0.4) is 0 Å². The molecule has 2 rings (SSSR count). The zero-order valence-electron chi connectivity index (χ0n) is 11.6. The summed E-state index contributed by atoms with van der Waals surface area (Å²) in [5.41, 5.74) is 1.14. The number of nitrogens with zero attached hydrogens (tertiary/aromatic N) is 1. The first kappa shape index (κ1) is 15.3. The standard InChI is InChI=1S/C15H14BrNO4/c1-19-13-5-4-12(16)7-11(13)9-21-15(18)10-3-6-14(20-2)17-8-10/h3-8H,9H2,1-2H3. The van der Waals surface area contributed by atoms with E-state index in [0.717, 1.165) is 10.0 Å². The number of ether oxygens (including phenoxy) is 3. The SMILES string of the molecule is COc1ccc(C(=O)OCc2cc(Br)ccc2OC)cn1. The lowest BCUT2D eigenvalue weighted by molar-refractivity contribution is 0.0469. The van der Waals surface area contributed by atoms with E-state index in [-0.39, 0.29) is 6.61 Å². The van der Waals surface area contributed by atoms with E-state index in [9.17, 15) is 4.79 Å². The van der Waals surface area contributed by atoms with Gasteiger partial charge >= 0.3 is 5.97 Å². The maximum atomic E-state index is 11.9. The number of carbonyl (C=O) groups excluding carboxylic acids is 1. The van der Waals surface area contributed by atoms with Crippen LogP contribution < -0.4 is 9.47 Å². The summed E-state index contributed by atoms with van der Waals surface area (Å²) in [6, 6.07) is 8.72. The van der Waals surface area contributed by atoms with Crippen molar-refractivity contribution >= 4 is 21.9 Å². The highest BCUT2D eigenvalue weighted by Gasteiger charge is 2.11. The number of pyridine rings is 1. The van der Waals surface area contributed by atoms with Gasteiger partial charge in [0.1, 0.15) is 12.4 Å². The zero-order chi connectivity index (χ0) is 15.2. The second-order valence-corrected chi connectivity index (χ2v) is 5.04. The molecule has 1 aromatic heterocycles. The summed E-state index contributed by atoms with van der Waals surface area (Å²) in [6.45, 7) is 0.119. The molecule has 0 unspecified atom stereocenters. The van der Waals surface area contributed by atoms with E-state index in [0.29, 0.717) is 17.2 Å². The molecule has 0 fully saturated rings. The molecule has 0 saturated heterocycles. The molecular formula is C15H14BrNO4. The monoisotopic (exact) mass is 351 g/mol. The first-order valence-electron chi connectivity index (χ1n) is 6.13. The Hall–Kier alpha value is -2.08. The quantitative estimate of drug-likeness (QED) is 0.774. The molecule has 21 heavy (non-hydrogen) atoms. The third-order valence-corrected chi connectivity index (χ3v) is 3.28. The molecule has 0 radical (unpaired) electrons. The zero-order valence-corrected chi connectivity index (χ0v) is 13.2. The molecule has 0 aliphatic heterocycles. The van der Waals surface area contributed by atoms with Gasteiger partial charge in [0, 0.05) is 22.3 Å². The highest BCUT2D eigenvalue weighted by Crippen LogP contribution is 2.24. The molecule has 6 heteroatoms. The predicted molar refractivity (Wildman–Crippen MR) is 80.6 cm³/mol. The van der Waals surface area contributed by atoms with Crippen molar-refractivity contribution in [3.05, 3.63) is 52.1 Å². The van der Waals surface area contributed by atoms with Gasteiger partial charge in [-0.25, -0.2) is 9.78 Å². The van der Waals surface area contributed by atoms with Crippen molar-refractivity contribution in [2.24, 2.45) is 0 Å². The number of esters is 1. The number of aromatic nitrogens is 1. The van der Waals surface area contributed by atoms with E-state index < -0.39 is 5.97 Å². The molecule has 5 nitrogen and oxygen atoms in total. The van der Waals surface area contributed by atoms with Gasteiger partial charge in [0.15, 0.2) is 0 Å². The average molecular weight is 352 g/mol. The Morgan fingerprint density at radius 3 is 2.62 bits per heavy atom. The van der Waals surface area contributed by atoms with E-state index in [2.05, 4.69) is 20.9 Å². The molecule has 0 atom stereocenters. The van der Waals surface area contributed by atoms with Crippen molar-refractivity contribution < 1.29 is 19.0 Å². The smallest absolute Gasteiger partial charge is 0.340 e. The topological polar surface area (TPSA) is 57.7 Å². The van der Waals surface area contributed by atoms with Gasteiger partial charge in [-0.05, 0) is 24.3 Å². The summed E-state index contributed by atoms with van der Waals surface area (Å²) in [5.74, 6) is 0.659. The van der Waals surface area contributed by atoms with Crippen LogP contribution in [0.15, 0.2) is 41.0 Å². The van der Waals surface area contributed by atoms with Crippen LogP contribution in [0, 0.1) is 0 Å². The van der Waals surface area contributed by atoms with E-state index >= 15 is 0 Å². The van der Waals surface area contributed by atoms with Crippen molar-refractivity contribution in [2.75, 3.05) is 14.2 Å². The lowest BCUT2D eigenvalue weighted by Gasteiger charge is -2.10. The fourth-order valence-electron chi connectivity index (χ4n) is 1.71. The highest BCUT2D eigenvalue weighted by molar-refractivity contribution is 9.10. The first-order chi connectivity index (χ1) is 10.1. The number of halogens is 1. The maximum Gasteiger partial charge on any atom is 0.340 e. The Bertz CT molecular complexity index is 628. The van der Waals surface area contributed by atoms with Crippen molar-refractivity contribution in [1.29, 1.82) is 0 Å². The van der Waals surface area contributed by atoms with Gasteiger partial charge in [-0.2, -0.15) is 0 Å². The van der Waals surface area contributed by atoms with Crippen LogP contribution in [0.2, 0.25) is 0 Å². The lowest BCUT2D eigenvalue weighted by atomic mass is 10.2. The first-order valence-corrected chi connectivity index (χ1v) is 6.93. The number of rotatable bonds is 5. The van der Waals surface area contributed by atoms with Gasteiger partial charge in [-0.3, -0.25) is 0 Å². The van der Waals surface area contributed by atoms with Gasteiger partial charge in [-0.15, -0.1) is 0 Å². The van der Waals surface area contributed by atoms with Crippen LogP contribution in [0.1, 0.15) is 15.9 Å². The van der Waals surface area contributed by atoms with Crippen LogP contribution in [0.4, 0.5) is 0 Å². The Balaban J connectivity index is 2.05. The van der Waals surface area contributed by atoms with Crippen LogP contribution in [0.5, 0.6) is 11.6 Å². The predicted octanol–water partition coefficient (Wildman–Crippen LogP) is 3.22. The summed E-state index contributed by atoms with van der Waals surface area (Å²) in [6.07, 6.45) is 1.42. The molecule has 0 bridgehead atoms. The summed E-state index contributed by atoms with van der Waals surface area (Å²) in [5, 5.41) is 0. The van der Waals surface area contributed by atoms with Crippen molar-refractivity contribution in [1.82, 2.24) is 4.98 Å². The average Bonchev–Trinajstić information content (AvgIpc) is 2.52. The highest BCUT2D eigenvalue weighted by atomic mass is 79.9. The minimum atomic E-state index is -0.452. The van der Waals surface area contributed by atoms with E-state index in [1.807, 2.05) is 18.2 Å². The van der Waals surface area contributed by atoms with Gasteiger partial charge in [0.25, 0.3) is 0 Å². The van der Waals surface area contributed by atoms with Gasteiger partial charge < -0.3 is 14.2 Å². The van der Waals surface area contributed by atoms with Gasteiger partial charge in [-0.1, -0.05) is 15.9 Å². The van der Waals surface area contributed by atoms with Gasteiger partial charge in [0.05, 0.1) is 19.8 Å². The van der Waals surface area contributed by atoms with E-state index in [1.165, 1.54) is 13.3 Å². The normalized spacial score (nSPS) is 10.0. The molecule has 0 aliphatic carbocycles. The maximum absolute atomic E-state index is 11.9. The Kier molecular flexibility index (Phi) is 5.16. The van der Waals surface area contributed by atoms with Crippen molar-refractivity contribution in [2.45, 2.75) is 6.61 Å². The number of hydrogen-bond donors (Lipinski definition) is 0. The minimum Gasteiger partial charge on any atom is -0.496 e. The second kappa shape index (κ2) is 7.08. The van der Waals surface area contributed by atoms with E-state index in [1.54, 1.807) is 19.2 Å². The number of hydrogen-bond acceptors (Lipinski definition) is 5. The van der Waals surface area contributed by atoms with E-state index in [4.69, 9.17) is 14.2 Å². The van der Waals surface area contributed by atoms with Crippen LogP contribution in [0.25, 0.3) is 0 Å². The minimum absolute atomic E-state index is 0.119. The van der Waals surface area contributed by atoms with Crippen molar-refractivity contribution in [3.8, 4) is 11.6 Å². The third-order valence-electron chi connectivity index (χ3n) is 2.78. The molecule has 2 aromatic rings. The van der Waals surface area contributed by atoms with Crippen LogP contribution >= 0.6 is 15.9 Å². The number of benzene rings is 1. The number of carbonyl (C=O) groups is 1. The lowest BCUT2D eigenvalue weighted by Crippen LogP contribution is -2.06. The molecule has 0 N–H and O–H groups in total.